The van der Waals surface area contributed by atoms with Crippen molar-refractivity contribution >= 4 is 17.1 Å². The van der Waals surface area contributed by atoms with E-state index in [1.165, 1.54) is 11.2 Å². The third-order valence-electron chi connectivity index (χ3n) is 6.52. The predicted octanol–water partition coefficient (Wildman–Crippen LogP) is 4.46. The highest BCUT2D eigenvalue weighted by molar-refractivity contribution is 5.78. The maximum atomic E-state index is 12.5. The fraction of sp³-hybridized carbons (Fsp3) is 0.370. The molecule has 0 radical (unpaired) electrons. The number of hydrogen-bond acceptors (Lipinski definition) is 8. The summed E-state index contributed by atoms with van der Waals surface area (Å²) >= 11 is 0. The first kappa shape index (κ1) is 23.9. The number of aryl methyl sites for hydroxylation is 1. The molecule has 2 N–H and O–H groups in total. The number of cyclic esters (lactones) is 1. The number of nitrogens with two attached hydrogens (primary N) is 1. The van der Waals surface area contributed by atoms with Crippen LogP contribution in [0.4, 0.5) is 4.79 Å². The van der Waals surface area contributed by atoms with E-state index >= 15 is 0 Å². The van der Waals surface area contributed by atoms with Gasteiger partial charge in [0.05, 0.1) is 24.7 Å². The maximum absolute atomic E-state index is 12.5. The zero-order valence-electron chi connectivity index (χ0n) is 20.3. The van der Waals surface area contributed by atoms with Crippen molar-refractivity contribution in [3.63, 3.8) is 0 Å². The van der Waals surface area contributed by atoms with Crippen molar-refractivity contribution in [1.29, 1.82) is 0 Å². The molecule has 2 aromatic heterocycles. The minimum absolute atomic E-state index is 0.0408. The van der Waals surface area contributed by atoms with Gasteiger partial charge in [-0.05, 0) is 61.8 Å². The van der Waals surface area contributed by atoms with Crippen LogP contribution in [0.5, 0.6) is 5.88 Å². The number of allylic oxidation sites excluding steroid dienone is 4. The monoisotopic (exact) mass is 490 g/mol. The van der Waals surface area contributed by atoms with Gasteiger partial charge in [-0.25, -0.2) is 14.7 Å². The van der Waals surface area contributed by atoms with Crippen molar-refractivity contribution in [2.24, 2.45) is 5.73 Å². The van der Waals surface area contributed by atoms with Gasteiger partial charge in [0.1, 0.15) is 12.4 Å². The van der Waals surface area contributed by atoms with E-state index in [4.69, 9.17) is 24.7 Å². The number of rotatable bonds is 9. The molecule has 9 nitrogen and oxygen atoms in total. The van der Waals surface area contributed by atoms with E-state index < -0.39 is 6.09 Å². The molecule has 188 valence electrons. The zero-order valence-corrected chi connectivity index (χ0v) is 20.3. The van der Waals surface area contributed by atoms with Crippen molar-refractivity contribution in [2.75, 3.05) is 13.7 Å². The Morgan fingerprint density at radius 2 is 2.17 bits per heavy atom. The number of hydrogen-bond donors (Lipinski definition) is 1. The molecule has 0 spiro atoms. The van der Waals surface area contributed by atoms with Crippen LogP contribution in [0.1, 0.15) is 37.7 Å². The molecule has 2 unspecified atom stereocenters. The number of pyridine rings is 2. The number of ether oxygens (including phenoxy) is 4. The van der Waals surface area contributed by atoms with Crippen LogP contribution in [0, 0.1) is 0 Å². The van der Waals surface area contributed by atoms with Gasteiger partial charge < -0.3 is 24.7 Å². The molecule has 1 aliphatic carbocycles. The first-order valence-electron chi connectivity index (χ1n) is 12.2. The lowest BCUT2D eigenvalue weighted by atomic mass is 10.0. The SMILES string of the molecule is COc1ccc2nccc(CCC(N)CCC3CN(C4=COC=C(C5=CC=CCC5)O4)C(=O)O3)c2n1. The van der Waals surface area contributed by atoms with Crippen molar-refractivity contribution in [3.8, 4) is 5.88 Å². The van der Waals surface area contributed by atoms with E-state index in [9.17, 15) is 4.79 Å². The quantitative estimate of drug-likeness (QED) is 0.549. The summed E-state index contributed by atoms with van der Waals surface area (Å²) in [7, 11) is 1.60. The van der Waals surface area contributed by atoms with E-state index in [1.807, 2.05) is 24.3 Å². The highest BCUT2D eigenvalue weighted by atomic mass is 16.6. The molecular formula is C27H30N4O5. The average Bonchev–Trinajstić information content (AvgIpc) is 3.31. The van der Waals surface area contributed by atoms with Gasteiger partial charge in [0, 0.05) is 18.3 Å². The minimum Gasteiger partial charge on any atom is -0.481 e. The molecule has 2 atom stereocenters. The Morgan fingerprint density at radius 1 is 1.25 bits per heavy atom. The smallest absolute Gasteiger partial charge is 0.417 e. The van der Waals surface area contributed by atoms with Gasteiger partial charge in [-0.2, -0.15) is 0 Å². The van der Waals surface area contributed by atoms with Crippen molar-refractivity contribution in [3.05, 3.63) is 77.9 Å². The van der Waals surface area contributed by atoms with Gasteiger partial charge in [0.2, 0.25) is 11.8 Å². The standard InChI is InChI=1S/C27H30N4O5/c1-33-24-12-11-22-26(30-24)19(13-14-29-22)7-8-20(28)9-10-21-15-31(27(32)35-21)25-17-34-16-23(36-25)18-5-3-2-4-6-18/h2-3,5,11-14,16-17,20-21H,4,6-10,15,28H2,1H3. The van der Waals surface area contributed by atoms with E-state index in [1.54, 1.807) is 25.6 Å². The lowest BCUT2D eigenvalue weighted by Gasteiger charge is -2.23. The number of nitrogens with zero attached hydrogens (tertiary/aromatic N) is 3. The summed E-state index contributed by atoms with van der Waals surface area (Å²) in [6, 6.07) is 5.64. The number of amides is 1. The maximum Gasteiger partial charge on any atom is 0.417 e. The summed E-state index contributed by atoms with van der Waals surface area (Å²) < 4.78 is 22.3. The molecule has 4 heterocycles. The number of fused-ring (bicyclic) bond motifs is 1. The fourth-order valence-electron chi connectivity index (χ4n) is 4.50. The van der Waals surface area contributed by atoms with Crippen molar-refractivity contribution in [1.82, 2.24) is 14.9 Å². The van der Waals surface area contributed by atoms with E-state index in [-0.39, 0.29) is 12.1 Å². The lowest BCUT2D eigenvalue weighted by molar-refractivity contribution is 0.116. The number of aromatic nitrogens is 2. The topological polar surface area (TPSA) is 109 Å². The van der Waals surface area contributed by atoms with Crippen LogP contribution in [0.15, 0.2) is 72.4 Å². The predicted molar refractivity (Wildman–Crippen MR) is 133 cm³/mol. The molecule has 9 heteroatoms. The van der Waals surface area contributed by atoms with Crippen LogP contribution in [0.25, 0.3) is 11.0 Å². The Bertz CT molecular complexity index is 1250. The van der Waals surface area contributed by atoms with Crippen LogP contribution < -0.4 is 10.5 Å². The Morgan fingerprint density at radius 3 is 3.00 bits per heavy atom. The average molecular weight is 491 g/mol. The normalized spacial score (nSPS) is 20.2. The second kappa shape index (κ2) is 10.8. The Kier molecular flexibility index (Phi) is 7.18. The second-order valence-electron chi connectivity index (χ2n) is 9.02. The molecule has 1 amide bonds. The lowest BCUT2D eigenvalue weighted by Crippen LogP contribution is -2.28. The summed E-state index contributed by atoms with van der Waals surface area (Å²) in [6.45, 7) is 0.395. The summed E-state index contributed by atoms with van der Waals surface area (Å²) in [4.78, 5) is 22.9. The van der Waals surface area contributed by atoms with Gasteiger partial charge in [-0.15, -0.1) is 0 Å². The second-order valence-corrected chi connectivity index (χ2v) is 9.02. The molecule has 0 bridgehead atoms. The van der Waals surface area contributed by atoms with Crippen LogP contribution in [0.3, 0.4) is 0 Å². The first-order valence-corrected chi connectivity index (χ1v) is 12.2. The molecule has 5 rings (SSSR count). The molecule has 2 aliphatic heterocycles. The van der Waals surface area contributed by atoms with Gasteiger partial charge in [0.15, 0.2) is 12.0 Å². The number of methoxy groups -OCH3 is 1. The molecule has 36 heavy (non-hydrogen) atoms. The van der Waals surface area contributed by atoms with Crippen LogP contribution in [-0.4, -0.2) is 46.8 Å². The number of carbonyl (C=O) groups excluding carboxylic acids is 1. The van der Waals surface area contributed by atoms with Gasteiger partial charge >= 0.3 is 6.09 Å². The van der Waals surface area contributed by atoms with Gasteiger partial charge in [-0.1, -0.05) is 18.2 Å². The first-order chi connectivity index (χ1) is 17.6. The Hall–Kier alpha value is -3.85. The van der Waals surface area contributed by atoms with Gasteiger partial charge in [0.25, 0.3) is 0 Å². The Labute approximate surface area is 209 Å². The Balaban J connectivity index is 1.12. The molecule has 1 fully saturated rings. The van der Waals surface area contributed by atoms with Crippen LogP contribution in [0.2, 0.25) is 0 Å². The largest absolute Gasteiger partial charge is 0.481 e. The molecule has 2 aromatic rings. The minimum atomic E-state index is -0.439. The summed E-state index contributed by atoms with van der Waals surface area (Å²) in [5.74, 6) is 1.52. The van der Waals surface area contributed by atoms with Crippen molar-refractivity contribution < 1.29 is 23.7 Å². The molecule has 3 aliphatic rings. The molecular weight excluding hydrogens is 460 g/mol. The fourth-order valence-corrected chi connectivity index (χ4v) is 4.50. The molecule has 1 saturated heterocycles. The van der Waals surface area contributed by atoms with Crippen LogP contribution >= 0.6 is 0 Å². The summed E-state index contributed by atoms with van der Waals surface area (Å²) in [5, 5.41) is 0. The highest BCUT2D eigenvalue weighted by Crippen LogP contribution is 2.30. The molecule has 0 saturated carbocycles. The summed E-state index contributed by atoms with van der Waals surface area (Å²) in [6.07, 6.45) is 14.9. The highest BCUT2D eigenvalue weighted by Gasteiger charge is 2.36. The number of carbonyl (C=O) groups is 1. The third-order valence-corrected chi connectivity index (χ3v) is 6.52. The molecule has 0 aromatic carbocycles. The summed E-state index contributed by atoms with van der Waals surface area (Å²) in [5.41, 5.74) is 10.2. The van der Waals surface area contributed by atoms with E-state index in [2.05, 4.69) is 16.0 Å². The van der Waals surface area contributed by atoms with Crippen LogP contribution in [-0.2, 0) is 20.6 Å². The third kappa shape index (κ3) is 5.36. The van der Waals surface area contributed by atoms with Gasteiger partial charge in [-0.3, -0.25) is 4.98 Å². The zero-order chi connectivity index (χ0) is 24.9. The van der Waals surface area contributed by atoms with E-state index in [0.717, 1.165) is 54.3 Å². The van der Waals surface area contributed by atoms with Crippen molar-refractivity contribution in [2.45, 2.75) is 50.7 Å². The van der Waals surface area contributed by atoms with E-state index in [0.29, 0.717) is 30.5 Å².